The first-order valence-electron chi connectivity index (χ1n) is 7.04. The Morgan fingerprint density at radius 1 is 1.32 bits per heavy atom. The highest BCUT2D eigenvalue weighted by atomic mass is 16.5. The smallest absolute Gasteiger partial charge is 0.306 e. The van der Waals surface area contributed by atoms with Gasteiger partial charge in [0, 0.05) is 12.6 Å². The van der Waals surface area contributed by atoms with Gasteiger partial charge >= 0.3 is 5.97 Å². The van der Waals surface area contributed by atoms with Crippen molar-refractivity contribution in [2.75, 3.05) is 6.61 Å². The zero-order valence-electron chi connectivity index (χ0n) is 10.9. The van der Waals surface area contributed by atoms with Crippen molar-refractivity contribution < 1.29 is 14.3 Å². The molecule has 1 aromatic heterocycles. The molecule has 2 fully saturated rings. The highest BCUT2D eigenvalue weighted by molar-refractivity contribution is 5.96. The molecular weight excluding hydrogens is 242 g/mol. The number of carbonyl (C=O) groups excluding carboxylic acids is 2. The monoisotopic (exact) mass is 261 g/mol. The molecule has 0 unspecified atom stereocenters. The van der Waals surface area contributed by atoms with Crippen LogP contribution in [0.2, 0.25) is 0 Å². The SMILES string of the molecule is O=C(C[C@@H]1C[C@H]2CC[C@H]1C2)OCC(=O)c1ccc[nH]1. The molecule has 0 spiro atoms. The summed E-state index contributed by atoms with van der Waals surface area (Å²) in [4.78, 5) is 26.2. The zero-order chi connectivity index (χ0) is 13.2. The first-order chi connectivity index (χ1) is 9.22. The number of esters is 1. The van der Waals surface area contributed by atoms with Gasteiger partial charge in [-0.1, -0.05) is 6.42 Å². The van der Waals surface area contributed by atoms with Crippen LogP contribution in [0.15, 0.2) is 18.3 Å². The fourth-order valence-corrected chi connectivity index (χ4v) is 3.63. The lowest BCUT2D eigenvalue weighted by atomic mass is 9.86. The maximum atomic E-state index is 11.8. The predicted molar refractivity (Wildman–Crippen MR) is 69.6 cm³/mol. The van der Waals surface area contributed by atoms with Crippen molar-refractivity contribution in [3.05, 3.63) is 24.0 Å². The van der Waals surface area contributed by atoms with Crippen molar-refractivity contribution in [1.82, 2.24) is 4.98 Å². The van der Waals surface area contributed by atoms with Gasteiger partial charge in [0.05, 0.1) is 5.69 Å². The van der Waals surface area contributed by atoms with Gasteiger partial charge in [0.15, 0.2) is 6.61 Å². The fraction of sp³-hybridized carbons (Fsp3) is 0.600. The molecule has 0 amide bonds. The van der Waals surface area contributed by atoms with Crippen molar-refractivity contribution in [2.24, 2.45) is 17.8 Å². The van der Waals surface area contributed by atoms with Gasteiger partial charge in [-0.25, -0.2) is 0 Å². The summed E-state index contributed by atoms with van der Waals surface area (Å²) in [5.74, 6) is 1.65. The van der Waals surface area contributed by atoms with E-state index in [1.54, 1.807) is 18.3 Å². The minimum atomic E-state index is -0.225. The second-order valence-electron chi connectivity index (χ2n) is 5.81. The van der Waals surface area contributed by atoms with E-state index in [1.807, 2.05) is 0 Å². The lowest BCUT2D eigenvalue weighted by molar-refractivity contribution is -0.144. The van der Waals surface area contributed by atoms with Gasteiger partial charge in [0.2, 0.25) is 5.78 Å². The van der Waals surface area contributed by atoms with Crippen LogP contribution in [-0.2, 0) is 9.53 Å². The number of aromatic amines is 1. The van der Waals surface area contributed by atoms with E-state index in [4.69, 9.17) is 4.74 Å². The van der Waals surface area contributed by atoms with E-state index >= 15 is 0 Å². The van der Waals surface area contributed by atoms with Gasteiger partial charge in [-0.3, -0.25) is 9.59 Å². The lowest BCUT2D eigenvalue weighted by Gasteiger charge is -2.20. The number of ketones is 1. The molecule has 1 aromatic rings. The first-order valence-corrected chi connectivity index (χ1v) is 7.04. The summed E-state index contributed by atoms with van der Waals surface area (Å²) in [6.45, 7) is -0.153. The molecule has 102 valence electrons. The highest BCUT2D eigenvalue weighted by Crippen LogP contribution is 2.49. The Balaban J connectivity index is 1.43. The molecular formula is C15H19NO3. The quantitative estimate of drug-likeness (QED) is 0.654. The summed E-state index contributed by atoms with van der Waals surface area (Å²) in [7, 11) is 0. The van der Waals surface area contributed by atoms with Crippen LogP contribution in [0.3, 0.4) is 0 Å². The molecule has 0 radical (unpaired) electrons. The van der Waals surface area contributed by atoms with E-state index in [0.717, 1.165) is 11.8 Å². The minimum absolute atomic E-state index is 0.153. The van der Waals surface area contributed by atoms with E-state index in [0.29, 0.717) is 18.0 Å². The molecule has 4 nitrogen and oxygen atoms in total. The molecule has 2 saturated carbocycles. The maximum Gasteiger partial charge on any atom is 0.306 e. The van der Waals surface area contributed by atoms with E-state index in [1.165, 1.54) is 25.7 Å². The number of hydrogen-bond donors (Lipinski definition) is 1. The van der Waals surface area contributed by atoms with Crippen LogP contribution in [0.4, 0.5) is 0 Å². The molecule has 1 N–H and O–H groups in total. The summed E-state index contributed by atoms with van der Waals surface area (Å²) >= 11 is 0. The molecule has 19 heavy (non-hydrogen) atoms. The third-order valence-electron chi connectivity index (χ3n) is 4.58. The Labute approximate surface area is 112 Å². The lowest BCUT2D eigenvalue weighted by Crippen LogP contribution is -2.19. The Kier molecular flexibility index (Phi) is 3.40. The summed E-state index contributed by atoms with van der Waals surface area (Å²) in [6.07, 6.45) is 7.23. The van der Waals surface area contributed by atoms with Crippen LogP contribution in [0.1, 0.15) is 42.6 Å². The largest absolute Gasteiger partial charge is 0.457 e. The molecule has 3 rings (SSSR count). The minimum Gasteiger partial charge on any atom is -0.457 e. The van der Waals surface area contributed by atoms with Gasteiger partial charge in [0.1, 0.15) is 0 Å². The average molecular weight is 261 g/mol. The molecule has 0 saturated heterocycles. The summed E-state index contributed by atoms with van der Waals surface area (Å²) < 4.78 is 5.09. The van der Waals surface area contributed by atoms with E-state index in [9.17, 15) is 9.59 Å². The van der Waals surface area contributed by atoms with Gasteiger partial charge in [-0.2, -0.15) is 0 Å². The normalized spacial score (nSPS) is 28.5. The number of hydrogen-bond acceptors (Lipinski definition) is 3. The average Bonchev–Trinajstić information content (AvgIpc) is 3.12. The van der Waals surface area contributed by atoms with Crippen molar-refractivity contribution in [3.8, 4) is 0 Å². The predicted octanol–water partition coefficient (Wildman–Crippen LogP) is 2.57. The van der Waals surface area contributed by atoms with Crippen LogP contribution >= 0.6 is 0 Å². The van der Waals surface area contributed by atoms with Crippen LogP contribution in [0.5, 0.6) is 0 Å². The number of fused-ring (bicyclic) bond motifs is 2. The molecule has 0 aliphatic heterocycles. The second kappa shape index (κ2) is 5.19. The third-order valence-corrected chi connectivity index (χ3v) is 4.58. The van der Waals surface area contributed by atoms with Crippen LogP contribution in [0.25, 0.3) is 0 Å². The summed E-state index contributed by atoms with van der Waals surface area (Å²) in [5.41, 5.74) is 0.493. The molecule has 1 heterocycles. The zero-order valence-corrected chi connectivity index (χ0v) is 10.9. The maximum absolute atomic E-state index is 11.8. The van der Waals surface area contributed by atoms with Crippen LogP contribution in [-0.4, -0.2) is 23.3 Å². The molecule has 2 aliphatic carbocycles. The fourth-order valence-electron chi connectivity index (χ4n) is 3.63. The van der Waals surface area contributed by atoms with Crippen LogP contribution < -0.4 is 0 Å². The number of aromatic nitrogens is 1. The number of Topliss-reactive ketones (excluding diaryl/α,β-unsaturated/α-hetero) is 1. The Bertz CT molecular complexity index is 466. The highest BCUT2D eigenvalue weighted by Gasteiger charge is 2.40. The third kappa shape index (κ3) is 2.72. The molecule has 2 bridgehead atoms. The summed E-state index contributed by atoms with van der Waals surface area (Å²) in [6, 6.07) is 3.44. The first kappa shape index (κ1) is 12.5. The summed E-state index contributed by atoms with van der Waals surface area (Å²) in [5, 5.41) is 0. The molecule has 0 aromatic carbocycles. The second-order valence-corrected chi connectivity index (χ2v) is 5.81. The Morgan fingerprint density at radius 3 is 2.84 bits per heavy atom. The van der Waals surface area contributed by atoms with Crippen molar-refractivity contribution >= 4 is 11.8 Å². The Morgan fingerprint density at radius 2 is 2.21 bits per heavy atom. The molecule has 2 aliphatic rings. The van der Waals surface area contributed by atoms with Crippen molar-refractivity contribution in [2.45, 2.75) is 32.1 Å². The topological polar surface area (TPSA) is 59.2 Å². The number of nitrogens with one attached hydrogen (secondary N) is 1. The number of carbonyl (C=O) groups is 2. The standard InChI is InChI=1S/C15H19NO3/c17-14(13-2-1-5-16-13)9-19-15(18)8-12-7-10-3-4-11(12)6-10/h1-2,5,10-12,16H,3-4,6-9H2/t10-,11-,12-/m0/s1. The van der Waals surface area contributed by atoms with Gasteiger partial charge < -0.3 is 9.72 Å². The van der Waals surface area contributed by atoms with Gasteiger partial charge in [-0.05, 0) is 49.1 Å². The number of rotatable bonds is 5. The number of H-pyrrole nitrogens is 1. The van der Waals surface area contributed by atoms with Gasteiger partial charge in [0.25, 0.3) is 0 Å². The van der Waals surface area contributed by atoms with Crippen molar-refractivity contribution in [3.63, 3.8) is 0 Å². The molecule has 3 atom stereocenters. The Hall–Kier alpha value is -1.58. The number of ether oxygens (including phenoxy) is 1. The van der Waals surface area contributed by atoms with E-state index in [2.05, 4.69) is 4.98 Å². The van der Waals surface area contributed by atoms with Crippen LogP contribution in [0, 0.1) is 17.8 Å². The molecule has 4 heteroatoms. The van der Waals surface area contributed by atoms with E-state index < -0.39 is 0 Å². The van der Waals surface area contributed by atoms with Gasteiger partial charge in [-0.15, -0.1) is 0 Å². The van der Waals surface area contributed by atoms with E-state index in [-0.39, 0.29) is 18.4 Å². The van der Waals surface area contributed by atoms with Crippen molar-refractivity contribution in [1.29, 1.82) is 0 Å².